The summed E-state index contributed by atoms with van der Waals surface area (Å²) in [4.78, 5) is 22.6. The standard InChI is InChI=1S/C19H26O10/c1-19(26,7-13(20)21)8-14(22)27-10-12-15(23)16(24)17(25)18(29-12)28-9-11-5-3-2-4-6-11/h2-6,12,15-18,23-26H,7-10H2,1H3,(H,20,21)/t12-,15-,16+,17-,18+,19-/m0/s1. The van der Waals surface area contributed by atoms with E-state index in [1.54, 1.807) is 24.3 Å². The molecule has 0 bridgehead atoms. The minimum atomic E-state index is -1.80. The first-order valence-corrected chi connectivity index (χ1v) is 9.04. The van der Waals surface area contributed by atoms with Crippen molar-refractivity contribution in [1.82, 2.24) is 0 Å². The smallest absolute Gasteiger partial charge is 0.308 e. The molecule has 0 spiro atoms. The number of benzene rings is 1. The van der Waals surface area contributed by atoms with E-state index in [9.17, 15) is 30.0 Å². The maximum atomic E-state index is 11.9. The average molecular weight is 414 g/mol. The number of hydrogen-bond donors (Lipinski definition) is 5. The molecule has 1 aliphatic rings. The normalized spacial score (nSPS) is 29.1. The molecule has 0 saturated carbocycles. The van der Waals surface area contributed by atoms with Crippen LogP contribution in [0.1, 0.15) is 25.3 Å². The Morgan fingerprint density at radius 1 is 1.07 bits per heavy atom. The number of carbonyl (C=O) groups is 2. The van der Waals surface area contributed by atoms with Gasteiger partial charge in [-0.1, -0.05) is 30.3 Å². The Bertz CT molecular complexity index is 677. The van der Waals surface area contributed by atoms with E-state index in [1.807, 2.05) is 6.07 Å². The zero-order chi connectivity index (χ0) is 21.6. The van der Waals surface area contributed by atoms with Crippen LogP contribution < -0.4 is 0 Å². The number of carbonyl (C=O) groups excluding carboxylic acids is 1. The van der Waals surface area contributed by atoms with Crippen molar-refractivity contribution in [2.24, 2.45) is 0 Å². The fourth-order valence-electron chi connectivity index (χ4n) is 2.87. The number of aliphatic hydroxyl groups is 4. The predicted octanol–water partition coefficient (Wildman–Crippen LogP) is -0.830. The molecule has 2 rings (SSSR count). The molecule has 1 fully saturated rings. The first-order chi connectivity index (χ1) is 13.6. The molecule has 1 heterocycles. The van der Waals surface area contributed by atoms with Crippen molar-refractivity contribution in [3.8, 4) is 0 Å². The monoisotopic (exact) mass is 414 g/mol. The number of esters is 1. The minimum absolute atomic E-state index is 0.0793. The van der Waals surface area contributed by atoms with Crippen molar-refractivity contribution >= 4 is 11.9 Å². The van der Waals surface area contributed by atoms with Gasteiger partial charge in [0.2, 0.25) is 0 Å². The summed E-state index contributed by atoms with van der Waals surface area (Å²) in [5.41, 5.74) is -1.00. The highest BCUT2D eigenvalue weighted by atomic mass is 16.7. The summed E-state index contributed by atoms with van der Waals surface area (Å²) in [6.45, 7) is 0.774. The lowest BCUT2D eigenvalue weighted by atomic mass is 9.98. The number of rotatable bonds is 9. The van der Waals surface area contributed by atoms with Crippen molar-refractivity contribution in [1.29, 1.82) is 0 Å². The van der Waals surface area contributed by atoms with Crippen LogP contribution in [0.3, 0.4) is 0 Å². The lowest BCUT2D eigenvalue weighted by Gasteiger charge is -2.40. The molecule has 1 aliphatic heterocycles. The second-order valence-corrected chi connectivity index (χ2v) is 7.24. The summed E-state index contributed by atoms with van der Waals surface area (Å²) < 4.78 is 15.8. The van der Waals surface area contributed by atoms with Gasteiger partial charge in [0.15, 0.2) is 6.29 Å². The Balaban J connectivity index is 1.90. The van der Waals surface area contributed by atoms with Gasteiger partial charge in [-0.25, -0.2) is 0 Å². The summed E-state index contributed by atoms with van der Waals surface area (Å²) in [5.74, 6) is -2.18. The summed E-state index contributed by atoms with van der Waals surface area (Å²) in [5, 5.41) is 48.8. The molecule has 0 aliphatic carbocycles. The van der Waals surface area contributed by atoms with Crippen LogP contribution in [0.5, 0.6) is 0 Å². The quantitative estimate of drug-likeness (QED) is 0.322. The molecule has 1 saturated heterocycles. The second kappa shape index (κ2) is 10.1. The highest BCUT2D eigenvalue weighted by Crippen LogP contribution is 2.24. The fraction of sp³-hybridized carbons (Fsp3) is 0.579. The largest absolute Gasteiger partial charge is 0.481 e. The third-order valence-corrected chi connectivity index (χ3v) is 4.39. The molecule has 0 amide bonds. The van der Waals surface area contributed by atoms with Crippen molar-refractivity contribution in [3.05, 3.63) is 35.9 Å². The van der Waals surface area contributed by atoms with Crippen molar-refractivity contribution in [2.75, 3.05) is 6.61 Å². The Morgan fingerprint density at radius 3 is 2.34 bits per heavy atom. The number of carboxylic acid groups (broad SMARTS) is 1. The highest BCUT2D eigenvalue weighted by molar-refractivity contribution is 5.73. The number of carboxylic acids is 1. The van der Waals surface area contributed by atoms with Crippen molar-refractivity contribution < 1.29 is 49.3 Å². The lowest BCUT2D eigenvalue weighted by Crippen LogP contribution is -2.59. The SMILES string of the molecule is C[C@](O)(CC(=O)O)CC(=O)OC[C@@H]1O[C@@H](OCc2ccccc2)[C@@H](O)[C@H](O)[C@H]1O. The van der Waals surface area contributed by atoms with Crippen LogP contribution >= 0.6 is 0 Å². The van der Waals surface area contributed by atoms with Gasteiger partial charge in [0, 0.05) is 0 Å². The molecule has 10 nitrogen and oxygen atoms in total. The van der Waals surface area contributed by atoms with Crippen LogP contribution in [0, 0.1) is 0 Å². The van der Waals surface area contributed by atoms with E-state index in [0.29, 0.717) is 0 Å². The van der Waals surface area contributed by atoms with E-state index >= 15 is 0 Å². The molecule has 1 aromatic rings. The number of aliphatic carboxylic acids is 1. The van der Waals surface area contributed by atoms with Gasteiger partial charge >= 0.3 is 11.9 Å². The van der Waals surface area contributed by atoms with Gasteiger partial charge in [-0.3, -0.25) is 9.59 Å². The van der Waals surface area contributed by atoms with Crippen molar-refractivity contribution in [3.63, 3.8) is 0 Å². The van der Waals surface area contributed by atoms with E-state index in [2.05, 4.69) is 0 Å². The summed E-state index contributed by atoms with van der Waals surface area (Å²) >= 11 is 0. The van der Waals surface area contributed by atoms with Crippen LogP contribution in [0.2, 0.25) is 0 Å². The van der Waals surface area contributed by atoms with E-state index in [-0.39, 0.29) is 6.61 Å². The molecule has 162 valence electrons. The zero-order valence-corrected chi connectivity index (χ0v) is 15.9. The van der Waals surface area contributed by atoms with Gasteiger partial charge in [-0.05, 0) is 12.5 Å². The molecule has 5 N–H and O–H groups in total. The molecule has 0 radical (unpaired) electrons. The topological polar surface area (TPSA) is 163 Å². The van der Waals surface area contributed by atoms with E-state index in [1.165, 1.54) is 6.92 Å². The molecule has 29 heavy (non-hydrogen) atoms. The molecule has 1 aromatic carbocycles. The van der Waals surface area contributed by atoms with Crippen LogP contribution in [0.4, 0.5) is 0 Å². The lowest BCUT2D eigenvalue weighted by molar-refractivity contribution is -0.304. The minimum Gasteiger partial charge on any atom is -0.481 e. The zero-order valence-electron chi connectivity index (χ0n) is 15.9. The van der Waals surface area contributed by atoms with Crippen LogP contribution in [0.25, 0.3) is 0 Å². The first kappa shape index (κ1) is 23.2. The number of hydrogen-bond acceptors (Lipinski definition) is 9. The van der Waals surface area contributed by atoms with E-state index < -0.39 is 67.7 Å². The summed E-state index contributed by atoms with van der Waals surface area (Å²) in [7, 11) is 0. The average Bonchev–Trinajstić information content (AvgIpc) is 2.64. The van der Waals surface area contributed by atoms with E-state index in [4.69, 9.17) is 19.3 Å². The molecule has 0 aromatic heterocycles. The molecule has 0 unspecified atom stereocenters. The maximum absolute atomic E-state index is 11.9. The first-order valence-electron chi connectivity index (χ1n) is 9.04. The Morgan fingerprint density at radius 2 is 1.72 bits per heavy atom. The third-order valence-electron chi connectivity index (χ3n) is 4.39. The van der Waals surface area contributed by atoms with Crippen LogP contribution in [0.15, 0.2) is 30.3 Å². The van der Waals surface area contributed by atoms with Gasteiger partial charge in [0.05, 0.1) is 25.0 Å². The molecular weight excluding hydrogens is 388 g/mol. The molecule has 6 atom stereocenters. The van der Waals surface area contributed by atoms with Crippen LogP contribution in [-0.4, -0.2) is 80.4 Å². The van der Waals surface area contributed by atoms with Crippen molar-refractivity contribution in [2.45, 2.75) is 62.7 Å². The third kappa shape index (κ3) is 7.03. The Labute approximate surface area is 167 Å². The van der Waals surface area contributed by atoms with Gasteiger partial charge < -0.3 is 39.7 Å². The Hall–Kier alpha value is -2.08. The van der Waals surface area contributed by atoms with Gasteiger partial charge in [0.1, 0.15) is 31.0 Å². The highest BCUT2D eigenvalue weighted by Gasteiger charge is 2.45. The number of ether oxygens (including phenoxy) is 3. The Kier molecular flexibility index (Phi) is 8.08. The molecule has 10 heteroatoms. The summed E-state index contributed by atoms with van der Waals surface area (Å²) in [6.07, 6.45) is -8.35. The van der Waals surface area contributed by atoms with E-state index in [0.717, 1.165) is 5.56 Å². The van der Waals surface area contributed by atoms with Gasteiger partial charge in [0.25, 0.3) is 0 Å². The molecular formula is C19H26O10. The van der Waals surface area contributed by atoms with Gasteiger partial charge in [-0.2, -0.15) is 0 Å². The maximum Gasteiger partial charge on any atom is 0.308 e. The predicted molar refractivity (Wildman–Crippen MR) is 96.4 cm³/mol. The number of aliphatic hydroxyl groups excluding tert-OH is 3. The summed E-state index contributed by atoms with van der Waals surface area (Å²) in [6, 6.07) is 9.02. The van der Waals surface area contributed by atoms with Crippen LogP contribution in [-0.2, 0) is 30.4 Å². The fourth-order valence-corrected chi connectivity index (χ4v) is 2.87. The van der Waals surface area contributed by atoms with Gasteiger partial charge in [-0.15, -0.1) is 0 Å². The second-order valence-electron chi connectivity index (χ2n) is 7.24.